The van der Waals surface area contributed by atoms with E-state index >= 15 is 0 Å². The van der Waals surface area contributed by atoms with Gasteiger partial charge in [0, 0.05) is 18.2 Å². The number of ether oxygens (including phenoxy) is 2. The second-order valence-corrected chi connectivity index (χ2v) is 7.02. The van der Waals surface area contributed by atoms with Crippen molar-refractivity contribution in [2.45, 2.75) is 18.9 Å². The third-order valence-electron chi connectivity index (χ3n) is 5.27. The minimum Gasteiger partial charge on any atom is -0.504 e. The van der Waals surface area contributed by atoms with Crippen molar-refractivity contribution >= 4 is 15.9 Å². The molecule has 1 aliphatic heterocycles. The number of fused-ring (bicyclic) bond motifs is 2. The smallest absolute Gasteiger partial charge is 0.170 e. The number of hydrogen-bond acceptors (Lipinski definition) is 5. The van der Waals surface area contributed by atoms with E-state index in [1.165, 1.54) is 12.7 Å². The molecular formula is C19H20BrNO4. The van der Waals surface area contributed by atoms with Crippen LogP contribution in [-0.4, -0.2) is 41.3 Å². The number of likely N-dealkylation sites (N-methyl/N-ethyl adjacent to an activating group) is 1. The summed E-state index contributed by atoms with van der Waals surface area (Å²) in [4.78, 5) is 2.32. The minimum atomic E-state index is 0.131. The number of halogens is 1. The summed E-state index contributed by atoms with van der Waals surface area (Å²) in [6.45, 7) is 0.937. The lowest BCUT2D eigenvalue weighted by Crippen LogP contribution is -2.35. The molecule has 132 valence electrons. The van der Waals surface area contributed by atoms with E-state index in [0.717, 1.165) is 41.6 Å². The fourth-order valence-corrected chi connectivity index (χ4v) is 4.32. The highest BCUT2D eigenvalue weighted by Crippen LogP contribution is 2.53. The Bertz CT molecular complexity index is 852. The van der Waals surface area contributed by atoms with E-state index in [1.807, 2.05) is 12.1 Å². The Morgan fingerprint density at radius 2 is 1.96 bits per heavy atom. The molecule has 25 heavy (non-hydrogen) atoms. The van der Waals surface area contributed by atoms with Crippen LogP contribution in [0.2, 0.25) is 0 Å². The zero-order valence-corrected chi connectivity index (χ0v) is 15.8. The highest BCUT2D eigenvalue weighted by Gasteiger charge is 2.36. The van der Waals surface area contributed by atoms with Gasteiger partial charge in [-0.15, -0.1) is 0 Å². The van der Waals surface area contributed by atoms with Gasteiger partial charge in [-0.2, -0.15) is 0 Å². The van der Waals surface area contributed by atoms with Crippen molar-refractivity contribution in [1.82, 2.24) is 4.90 Å². The molecule has 6 heteroatoms. The van der Waals surface area contributed by atoms with Crippen molar-refractivity contribution in [2.24, 2.45) is 0 Å². The molecule has 0 saturated carbocycles. The molecule has 5 nitrogen and oxygen atoms in total. The van der Waals surface area contributed by atoms with Crippen molar-refractivity contribution in [2.75, 3.05) is 26.2 Å². The number of hydrogen-bond donors (Lipinski definition) is 2. The summed E-state index contributed by atoms with van der Waals surface area (Å²) in [6, 6.07) is 5.64. The van der Waals surface area contributed by atoms with Crippen LogP contribution < -0.4 is 9.47 Å². The second kappa shape index (κ2) is 6.11. The molecule has 2 N–H and O–H groups in total. The Kier molecular flexibility index (Phi) is 4.04. The first kappa shape index (κ1) is 16.5. The average molecular weight is 406 g/mol. The van der Waals surface area contributed by atoms with Crippen LogP contribution in [0.1, 0.15) is 22.7 Å². The Labute approximate surface area is 154 Å². The minimum absolute atomic E-state index is 0.131. The molecule has 1 aliphatic carbocycles. The molecule has 0 radical (unpaired) electrons. The molecule has 1 unspecified atom stereocenters. The summed E-state index contributed by atoms with van der Waals surface area (Å²) in [7, 11) is 3.65. The molecule has 1 atom stereocenters. The van der Waals surface area contributed by atoms with Gasteiger partial charge in [0.1, 0.15) is 5.52 Å². The Hall–Kier alpha value is -1.92. The van der Waals surface area contributed by atoms with Gasteiger partial charge < -0.3 is 19.7 Å². The van der Waals surface area contributed by atoms with Gasteiger partial charge in [0.25, 0.3) is 0 Å². The molecule has 4 rings (SSSR count). The third-order valence-corrected chi connectivity index (χ3v) is 5.50. The normalized spacial score (nSPS) is 18.4. The van der Waals surface area contributed by atoms with Crippen molar-refractivity contribution in [3.8, 4) is 34.1 Å². The highest BCUT2D eigenvalue weighted by molar-refractivity contribution is 9.09. The summed E-state index contributed by atoms with van der Waals surface area (Å²) >= 11 is 3.30. The quantitative estimate of drug-likeness (QED) is 0.763. The van der Waals surface area contributed by atoms with Crippen LogP contribution in [-0.2, 0) is 12.8 Å². The molecule has 1 heterocycles. The number of alkyl halides is 1. The van der Waals surface area contributed by atoms with Crippen molar-refractivity contribution in [3.63, 3.8) is 0 Å². The Morgan fingerprint density at radius 1 is 1.20 bits per heavy atom. The molecule has 2 aromatic rings. The van der Waals surface area contributed by atoms with Crippen molar-refractivity contribution < 1.29 is 19.7 Å². The van der Waals surface area contributed by atoms with Gasteiger partial charge in [-0.05, 0) is 76.3 Å². The maximum atomic E-state index is 10.6. The fraction of sp³-hybridized carbons (Fsp3) is 0.368. The van der Waals surface area contributed by atoms with Crippen LogP contribution in [0.15, 0.2) is 18.2 Å². The zero-order chi connectivity index (χ0) is 17.7. The van der Waals surface area contributed by atoms with Gasteiger partial charge in [-0.1, -0.05) is 0 Å². The van der Waals surface area contributed by atoms with Crippen LogP contribution in [0, 0.1) is 0 Å². The number of phenols is 2. The summed E-state index contributed by atoms with van der Waals surface area (Å²) in [5.74, 6) is 1.18. The fourth-order valence-electron chi connectivity index (χ4n) is 4.09. The number of methoxy groups -OCH3 is 1. The molecule has 0 saturated heterocycles. The topological polar surface area (TPSA) is 62.2 Å². The molecule has 2 aromatic carbocycles. The number of rotatable bonds is 3. The van der Waals surface area contributed by atoms with E-state index in [1.54, 1.807) is 6.07 Å². The lowest BCUT2D eigenvalue weighted by Gasteiger charge is -2.40. The highest BCUT2D eigenvalue weighted by atomic mass is 79.9. The van der Waals surface area contributed by atoms with Crippen molar-refractivity contribution in [3.05, 3.63) is 34.9 Å². The molecule has 2 aliphatic rings. The van der Waals surface area contributed by atoms with E-state index in [2.05, 4.69) is 27.9 Å². The summed E-state index contributed by atoms with van der Waals surface area (Å²) < 4.78 is 11.0. The summed E-state index contributed by atoms with van der Waals surface area (Å²) in [6.07, 6.45) is 1.70. The summed E-state index contributed by atoms with van der Waals surface area (Å²) in [5, 5.41) is 20.8. The maximum Gasteiger partial charge on any atom is 0.170 e. The molecular weight excluding hydrogens is 386 g/mol. The zero-order valence-electron chi connectivity index (χ0n) is 14.2. The average Bonchev–Trinajstić information content (AvgIpc) is 2.59. The molecule has 0 spiro atoms. The Balaban J connectivity index is 2.06. The standard InChI is InChI=1S/C19H20BrNO4/c1-21-4-3-10-6-15(23)19(25-9-20)18-12-8-16(24-2)14(22)7-11(12)5-13(21)17(10)18/h6-8,13,22-23H,3-5,9H2,1-2H3. The van der Waals surface area contributed by atoms with Crippen LogP contribution in [0.25, 0.3) is 11.1 Å². The Morgan fingerprint density at radius 3 is 2.68 bits per heavy atom. The van der Waals surface area contributed by atoms with Crippen LogP contribution >= 0.6 is 15.9 Å². The van der Waals surface area contributed by atoms with Gasteiger partial charge in [0.2, 0.25) is 0 Å². The first-order valence-corrected chi connectivity index (χ1v) is 9.35. The van der Waals surface area contributed by atoms with Gasteiger partial charge in [-0.3, -0.25) is 4.90 Å². The van der Waals surface area contributed by atoms with Crippen LogP contribution in [0.4, 0.5) is 0 Å². The lowest BCUT2D eigenvalue weighted by atomic mass is 9.76. The van der Waals surface area contributed by atoms with E-state index < -0.39 is 0 Å². The lowest BCUT2D eigenvalue weighted by molar-refractivity contribution is 0.226. The number of nitrogens with zero attached hydrogens (tertiary/aromatic N) is 1. The number of aromatic hydroxyl groups is 2. The number of benzene rings is 2. The summed E-state index contributed by atoms with van der Waals surface area (Å²) in [5.41, 5.74) is 5.55. The van der Waals surface area contributed by atoms with Crippen molar-refractivity contribution in [1.29, 1.82) is 0 Å². The van der Waals surface area contributed by atoms with Gasteiger partial charge >= 0.3 is 0 Å². The van der Waals surface area contributed by atoms with E-state index in [9.17, 15) is 10.2 Å². The monoisotopic (exact) mass is 405 g/mol. The molecule has 0 fully saturated rings. The van der Waals surface area contributed by atoms with E-state index in [-0.39, 0.29) is 23.1 Å². The predicted octanol–water partition coefficient (Wildman–Crippen LogP) is 3.59. The van der Waals surface area contributed by atoms with E-state index in [4.69, 9.17) is 9.47 Å². The number of phenolic OH excluding ortho intramolecular Hbond substituents is 2. The molecule has 0 aromatic heterocycles. The van der Waals surface area contributed by atoms with Gasteiger partial charge in [0.05, 0.1) is 7.11 Å². The maximum absolute atomic E-state index is 10.6. The second-order valence-electron chi connectivity index (χ2n) is 6.56. The first-order valence-electron chi connectivity index (χ1n) is 8.23. The van der Waals surface area contributed by atoms with Crippen LogP contribution in [0.3, 0.4) is 0 Å². The predicted molar refractivity (Wildman–Crippen MR) is 99.0 cm³/mol. The molecule has 0 amide bonds. The van der Waals surface area contributed by atoms with Crippen LogP contribution in [0.5, 0.6) is 23.0 Å². The largest absolute Gasteiger partial charge is 0.504 e. The van der Waals surface area contributed by atoms with Gasteiger partial charge in [-0.25, -0.2) is 0 Å². The third kappa shape index (κ3) is 2.47. The molecule has 0 bridgehead atoms. The van der Waals surface area contributed by atoms with Gasteiger partial charge in [0.15, 0.2) is 23.0 Å². The van der Waals surface area contributed by atoms with E-state index in [0.29, 0.717) is 11.5 Å². The first-order chi connectivity index (χ1) is 12.0. The SMILES string of the molecule is COc1cc2c(cc1O)CC1c3c(cc(O)c(OCBr)c3-2)CCN1C.